The molecule has 0 bridgehead atoms. The van der Waals surface area contributed by atoms with Crippen LogP contribution in [-0.2, 0) is 11.3 Å². The maximum absolute atomic E-state index is 12.5. The van der Waals surface area contributed by atoms with Crippen LogP contribution in [0, 0.1) is 6.92 Å². The molecule has 1 unspecified atom stereocenters. The van der Waals surface area contributed by atoms with Crippen molar-refractivity contribution in [1.82, 2.24) is 30.4 Å². The summed E-state index contributed by atoms with van der Waals surface area (Å²) in [6.45, 7) is 5.90. The Morgan fingerprint density at radius 2 is 1.96 bits per heavy atom. The molecule has 1 aromatic heterocycles. The van der Waals surface area contributed by atoms with Crippen molar-refractivity contribution in [1.29, 1.82) is 0 Å². The van der Waals surface area contributed by atoms with Gasteiger partial charge >= 0.3 is 0 Å². The van der Waals surface area contributed by atoms with Crippen molar-refractivity contribution in [2.75, 3.05) is 19.6 Å². The van der Waals surface area contributed by atoms with E-state index in [1.54, 1.807) is 0 Å². The van der Waals surface area contributed by atoms with Gasteiger partial charge in [0.15, 0.2) is 0 Å². The molecule has 2 fully saturated rings. The van der Waals surface area contributed by atoms with Gasteiger partial charge in [0.2, 0.25) is 5.91 Å². The number of aryl methyl sites for hydroxylation is 2. The van der Waals surface area contributed by atoms with Gasteiger partial charge < -0.3 is 10.2 Å². The normalized spacial score (nSPS) is 22.7. The number of benzene rings is 1. The van der Waals surface area contributed by atoms with Crippen LogP contribution in [0.25, 0.3) is 0 Å². The zero-order valence-electron chi connectivity index (χ0n) is 15.3. The second-order valence-corrected chi connectivity index (χ2v) is 7.58. The predicted molar refractivity (Wildman–Crippen MR) is 97.5 cm³/mol. The number of aromatic nitrogens is 4. The first-order valence-corrected chi connectivity index (χ1v) is 9.47. The van der Waals surface area contributed by atoms with Crippen molar-refractivity contribution in [2.45, 2.75) is 50.6 Å². The van der Waals surface area contributed by atoms with E-state index in [1.807, 2.05) is 29.8 Å². The third kappa shape index (κ3) is 3.49. The van der Waals surface area contributed by atoms with Crippen LogP contribution in [0.5, 0.6) is 0 Å². The summed E-state index contributed by atoms with van der Waals surface area (Å²) in [7, 11) is 0. The zero-order valence-corrected chi connectivity index (χ0v) is 15.3. The van der Waals surface area contributed by atoms with Gasteiger partial charge in [-0.1, -0.05) is 30.3 Å². The number of hydrogen-bond acceptors (Lipinski definition) is 5. The lowest BCUT2D eigenvalue weighted by Crippen LogP contribution is -2.51. The molecule has 2 aromatic rings. The molecule has 7 nitrogen and oxygen atoms in total. The van der Waals surface area contributed by atoms with Gasteiger partial charge in [0.25, 0.3) is 0 Å². The lowest BCUT2D eigenvalue weighted by atomic mass is 9.82. The Morgan fingerprint density at radius 1 is 1.19 bits per heavy atom. The van der Waals surface area contributed by atoms with Crippen LogP contribution in [0.1, 0.15) is 43.0 Å². The van der Waals surface area contributed by atoms with Crippen LogP contribution in [0.2, 0.25) is 0 Å². The van der Waals surface area contributed by atoms with Crippen LogP contribution in [0.4, 0.5) is 0 Å². The summed E-state index contributed by atoms with van der Waals surface area (Å²) in [6.07, 6.45) is 4.03. The third-order valence-corrected chi connectivity index (χ3v) is 5.87. The second kappa shape index (κ2) is 7.15. The van der Waals surface area contributed by atoms with Crippen LogP contribution in [-0.4, -0.2) is 56.2 Å². The summed E-state index contributed by atoms with van der Waals surface area (Å²) in [5.74, 6) is 1.06. The number of nitrogens with zero attached hydrogens (tertiary/aromatic N) is 5. The second-order valence-electron chi connectivity index (χ2n) is 7.58. The number of tetrazole rings is 1. The van der Waals surface area contributed by atoms with Gasteiger partial charge in [0.05, 0.1) is 5.92 Å². The molecule has 2 saturated heterocycles. The molecule has 2 aliphatic rings. The third-order valence-electron chi connectivity index (χ3n) is 5.87. The van der Waals surface area contributed by atoms with Gasteiger partial charge in [0.1, 0.15) is 5.82 Å². The Hall–Kier alpha value is -2.28. The first-order chi connectivity index (χ1) is 12.7. The summed E-state index contributed by atoms with van der Waals surface area (Å²) >= 11 is 0. The average molecular weight is 354 g/mol. The maximum atomic E-state index is 12.5. The van der Waals surface area contributed by atoms with Gasteiger partial charge in [-0.2, -0.15) is 0 Å². The first-order valence-electron chi connectivity index (χ1n) is 9.47. The molecule has 0 aliphatic carbocycles. The summed E-state index contributed by atoms with van der Waals surface area (Å²) in [4.78, 5) is 15.0. The van der Waals surface area contributed by atoms with E-state index in [2.05, 4.69) is 37.9 Å². The molecule has 1 amide bonds. The summed E-state index contributed by atoms with van der Waals surface area (Å²) in [5.41, 5.74) is 1.13. The number of piperidine rings is 1. The fourth-order valence-corrected chi connectivity index (χ4v) is 4.27. The largest absolute Gasteiger partial charge is 0.350 e. The molecule has 1 atom stereocenters. The summed E-state index contributed by atoms with van der Waals surface area (Å²) < 4.78 is 1.85. The predicted octanol–water partition coefficient (Wildman–Crippen LogP) is 1.51. The molecule has 0 saturated carbocycles. The minimum atomic E-state index is -0.0134. The Balaban J connectivity index is 1.28. The van der Waals surface area contributed by atoms with Gasteiger partial charge in [-0.3, -0.25) is 4.79 Å². The smallest absolute Gasteiger partial charge is 0.228 e. The first kappa shape index (κ1) is 17.1. The van der Waals surface area contributed by atoms with Gasteiger partial charge in [0, 0.05) is 25.2 Å². The van der Waals surface area contributed by atoms with E-state index in [-0.39, 0.29) is 17.4 Å². The van der Waals surface area contributed by atoms with Gasteiger partial charge in [-0.15, -0.1) is 5.10 Å². The molecule has 1 spiro atoms. The molecule has 138 valence electrons. The standard InChI is InChI=1S/C19H26N6O/c1-15-21-22-23-25(15)11-5-10-24-12-8-19(9-13-24)14-17(18(26)20-19)16-6-3-2-4-7-16/h2-4,6-7,17H,5,8-14H2,1H3,(H,20,26). The SMILES string of the molecule is Cc1nnnn1CCCN1CCC2(CC1)CC(c1ccccc1)C(=O)N2. The van der Waals surface area contributed by atoms with Crippen molar-refractivity contribution in [2.24, 2.45) is 0 Å². The van der Waals surface area contributed by atoms with Gasteiger partial charge in [-0.05, 0) is 55.1 Å². The van der Waals surface area contributed by atoms with E-state index in [0.717, 1.165) is 63.3 Å². The van der Waals surface area contributed by atoms with Crippen LogP contribution >= 0.6 is 0 Å². The minimum Gasteiger partial charge on any atom is -0.350 e. The van der Waals surface area contributed by atoms with Crippen molar-refractivity contribution in [3.05, 3.63) is 41.7 Å². The molecule has 1 aromatic carbocycles. The van der Waals surface area contributed by atoms with Crippen molar-refractivity contribution >= 4 is 5.91 Å². The summed E-state index contributed by atoms with van der Waals surface area (Å²) in [5, 5.41) is 14.9. The lowest BCUT2D eigenvalue weighted by molar-refractivity contribution is -0.121. The number of carbonyl (C=O) groups excluding carboxylic acids is 1. The Bertz CT molecular complexity index is 750. The highest BCUT2D eigenvalue weighted by molar-refractivity contribution is 5.87. The van der Waals surface area contributed by atoms with E-state index >= 15 is 0 Å². The molecule has 1 N–H and O–H groups in total. The summed E-state index contributed by atoms with van der Waals surface area (Å²) in [6, 6.07) is 10.2. The van der Waals surface area contributed by atoms with Crippen LogP contribution < -0.4 is 5.32 Å². The van der Waals surface area contributed by atoms with E-state index in [4.69, 9.17) is 0 Å². The molecule has 3 heterocycles. The molecule has 0 radical (unpaired) electrons. The Kier molecular flexibility index (Phi) is 4.72. The zero-order chi connectivity index (χ0) is 18.0. The highest BCUT2D eigenvalue weighted by Crippen LogP contribution is 2.39. The van der Waals surface area contributed by atoms with Crippen molar-refractivity contribution < 1.29 is 4.79 Å². The fraction of sp³-hybridized carbons (Fsp3) is 0.579. The fourth-order valence-electron chi connectivity index (χ4n) is 4.27. The number of hydrogen-bond donors (Lipinski definition) is 1. The molecule has 4 rings (SSSR count). The highest BCUT2D eigenvalue weighted by Gasteiger charge is 2.45. The molecule has 2 aliphatic heterocycles. The molecular weight excluding hydrogens is 328 g/mol. The monoisotopic (exact) mass is 354 g/mol. The Labute approximate surface area is 153 Å². The highest BCUT2D eigenvalue weighted by atomic mass is 16.2. The minimum absolute atomic E-state index is 0.00513. The van der Waals surface area contributed by atoms with E-state index in [1.165, 1.54) is 0 Å². The van der Waals surface area contributed by atoms with E-state index < -0.39 is 0 Å². The maximum Gasteiger partial charge on any atom is 0.228 e. The molecule has 26 heavy (non-hydrogen) atoms. The number of rotatable bonds is 5. The van der Waals surface area contributed by atoms with Crippen LogP contribution in [0.15, 0.2) is 30.3 Å². The number of carbonyl (C=O) groups is 1. The number of nitrogens with one attached hydrogen (secondary N) is 1. The lowest BCUT2D eigenvalue weighted by Gasteiger charge is -2.39. The van der Waals surface area contributed by atoms with E-state index in [9.17, 15) is 4.79 Å². The van der Waals surface area contributed by atoms with Crippen molar-refractivity contribution in [3.8, 4) is 0 Å². The topological polar surface area (TPSA) is 75.9 Å². The van der Waals surface area contributed by atoms with Crippen LogP contribution in [0.3, 0.4) is 0 Å². The number of likely N-dealkylation sites (tertiary alicyclic amines) is 1. The van der Waals surface area contributed by atoms with E-state index in [0.29, 0.717) is 0 Å². The quantitative estimate of drug-likeness (QED) is 0.881. The average Bonchev–Trinajstić information content (AvgIpc) is 3.21. The van der Waals surface area contributed by atoms with Gasteiger partial charge in [-0.25, -0.2) is 4.68 Å². The number of amides is 1. The van der Waals surface area contributed by atoms with Crippen molar-refractivity contribution in [3.63, 3.8) is 0 Å². The molecular formula is C19H26N6O. The molecule has 7 heteroatoms. The Morgan fingerprint density at radius 3 is 2.65 bits per heavy atom.